The third-order valence-corrected chi connectivity index (χ3v) is 4.98. The number of benzene rings is 2. The second kappa shape index (κ2) is 8.30. The van der Waals surface area contributed by atoms with Gasteiger partial charge in [-0.1, -0.05) is 12.1 Å². The van der Waals surface area contributed by atoms with Crippen LogP contribution in [0.15, 0.2) is 42.5 Å². The SMILES string of the molecule is CC(=O)Nc1cccc(N2CCN(C(=O)NCc3ccc4c(c3)OCO4)CC2)c1. The van der Waals surface area contributed by atoms with Gasteiger partial charge < -0.3 is 29.9 Å². The first-order valence-corrected chi connectivity index (χ1v) is 9.62. The third kappa shape index (κ3) is 4.53. The summed E-state index contributed by atoms with van der Waals surface area (Å²) in [6, 6.07) is 13.4. The molecule has 0 atom stereocenters. The molecule has 152 valence electrons. The van der Waals surface area contributed by atoms with Crippen molar-refractivity contribution in [2.45, 2.75) is 13.5 Å². The molecule has 2 heterocycles. The van der Waals surface area contributed by atoms with Gasteiger partial charge in [0.15, 0.2) is 11.5 Å². The maximum Gasteiger partial charge on any atom is 0.317 e. The predicted molar refractivity (Wildman–Crippen MR) is 109 cm³/mol. The summed E-state index contributed by atoms with van der Waals surface area (Å²) in [5.41, 5.74) is 2.78. The third-order valence-electron chi connectivity index (χ3n) is 4.98. The van der Waals surface area contributed by atoms with Gasteiger partial charge in [-0.2, -0.15) is 0 Å². The Morgan fingerprint density at radius 3 is 2.59 bits per heavy atom. The van der Waals surface area contributed by atoms with Crippen LogP contribution < -0.4 is 25.0 Å². The number of hydrogen-bond donors (Lipinski definition) is 2. The zero-order valence-electron chi connectivity index (χ0n) is 16.3. The number of ether oxygens (including phenoxy) is 2. The first-order chi connectivity index (χ1) is 14.1. The summed E-state index contributed by atoms with van der Waals surface area (Å²) in [5.74, 6) is 1.36. The van der Waals surface area contributed by atoms with E-state index < -0.39 is 0 Å². The molecule has 2 aromatic rings. The number of carbonyl (C=O) groups excluding carboxylic acids is 2. The van der Waals surface area contributed by atoms with Crippen LogP contribution >= 0.6 is 0 Å². The summed E-state index contributed by atoms with van der Waals surface area (Å²) >= 11 is 0. The van der Waals surface area contributed by atoms with Crippen LogP contribution in [0.25, 0.3) is 0 Å². The van der Waals surface area contributed by atoms with Crippen LogP contribution in [0.4, 0.5) is 16.2 Å². The molecule has 0 spiro atoms. The number of hydrogen-bond acceptors (Lipinski definition) is 5. The van der Waals surface area contributed by atoms with Crippen molar-refractivity contribution in [2.75, 3.05) is 43.2 Å². The minimum Gasteiger partial charge on any atom is -0.454 e. The first-order valence-electron chi connectivity index (χ1n) is 9.62. The molecule has 2 aliphatic rings. The van der Waals surface area contributed by atoms with E-state index in [2.05, 4.69) is 15.5 Å². The normalized spacial score (nSPS) is 15.2. The lowest BCUT2D eigenvalue weighted by atomic mass is 10.2. The van der Waals surface area contributed by atoms with Crippen LogP contribution in [0.3, 0.4) is 0 Å². The lowest BCUT2D eigenvalue weighted by Gasteiger charge is -2.36. The fraction of sp³-hybridized carbons (Fsp3) is 0.333. The van der Waals surface area contributed by atoms with Crippen LogP contribution in [-0.2, 0) is 11.3 Å². The molecule has 29 heavy (non-hydrogen) atoms. The van der Waals surface area contributed by atoms with Crippen LogP contribution in [-0.4, -0.2) is 49.8 Å². The van der Waals surface area contributed by atoms with E-state index in [1.807, 2.05) is 47.4 Å². The summed E-state index contributed by atoms with van der Waals surface area (Å²) in [4.78, 5) is 27.8. The molecule has 1 fully saturated rings. The second-order valence-corrected chi connectivity index (χ2v) is 7.05. The zero-order chi connectivity index (χ0) is 20.2. The minimum atomic E-state index is -0.0916. The fourth-order valence-corrected chi connectivity index (χ4v) is 3.49. The van der Waals surface area contributed by atoms with Crippen LogP contribution in [0.2, 0.25) is 0 Å². The van der Waals surface area contributed by atoms with E-state index in [9.17, 15) is 9.59 Å². The average Bonchev–Trinajstić information content (AvgIpc) is 3.20. The van der Waals surface area contributed by atoms with Gasteiger partial charge in [0, 0.05) is 51.0 Å². The summed E-state index contributed by atoms with van der Waals surface area (Å²) in [6.45, 7) is 4.92. The summed E-state index contributed by atoms with van der Waals surface area (Å²) in [6.07, 6.45) is 0. The number of nitrogens with zero attached hydrogens (tertiary/aromatic N) is 2. The van der Waals surface area contributed by atoms with Crippen LogP contribution in [0, 0.1) is 0 Å². The Balaban J connectivity index is 1.28. The van der Waals surface area contributed by atoms with Gasteiger partial charge in [0.25, 0.3) is 0 Å². The summed E-state index contributed by atoms with van der Waals surface area (Å²) < 4.78 is 10.7. The molecule has 0 bridgehead atoms. The molecule has 0 aliphatic carbocycles. The van der Waals surface area contributed by atoms with Gasteiger partial charge in [-0.15, -0.1) is 0 Å². The Morgan fingerprint density at radius 1 is 1.00 bits per heavy atom. The van der Waals surface area contributed by atoms with Crippen molar-refractivity contribution >= 4 is 23.3 Å². The standard InChI is InChI=1S/C21H24N4O4/c1-15(26)23-17-3-2-4-18(12-17)24-7-9-25(10-8-24)21(27)22-13-16-5-6-19-20(11-16)29-14-28-19/h2-6,11-12H,7-10,13-14H2,1H3,(H,22,27)(H,23,26). The Bertz CT molecular complexity index is 909. The van der Waals surface area contributed by atoms with Gasteiger partial charge in [0.1, 0.15) is 0 Å². The number of carbonyl (C=O) groups is 2. The molecule has 3 amide bonds. The van der Waals surface area contributed by atoms with E-state index in [1.165, 1.54) is 6.92 Å². The van der Waals surface area contributed by atoms with Crippen LogP contribution in [0.1, 0.15) is 12.5 Å². The van der Waals surface area contributed by atoms with E-state index in [0.717, 1.165) is 35.8 Å². The molecule has 0 aromatic heterocycles. The van der Waals surface area contributed by atoms with E-state index in [0.29, 0.717) is 25.4 Å². The van der Waals surface area contributed by atoms with Crippen molar-refractivity contribution in [3.8, 4) is 11.5 Å². The number of anilines is 2. The monoisotopic (exact) mass is 396 g/mol. The molecule has 2 aliphatic heterocycles. The Labute approximate surface area is 169 Å². The Kier molecular flexibility index (Phi) is 5.41. The molecule has 0 saturated carbocycles. The largest absolute Gasteiger partial charge is 0.454 e. The maximum absolute atomic E-state index is 12.5. The van der Waals surface area contributed by atoms with E-state index in [-0.39, 0.29) is 18.7 Å². The van der Waals surface area contributed by atoms with E-state index >= 15 is 0 Å². The predicted octanol–water partition coefficient (Wildman–Crippen LogP) is 2.41. The number of nitrogens with one attached hydrogen (secondary N) is 2. The zero-order valence-corrected chi connectivity index (χ0v) is 16.3. The Hall–Kier alpha value is -3.42. The van der Waals surface area contributed by atoms with Gasteiger partial charge in [-0.25, -0.2) is 4.79 Å². The smallest absolute Gasteiger partial charge is 0.317 e. The highest BCUT2D eigenvalue weighted by Gasteiger charge is 2.21. The van der Waals surface area contributed by atoms with Crippen molar-refractivity contribution in [2.24, 2.45) is 0 Å². The van der Waals surface area contributed by atoms with Gasteiger partial charge in [-0.05, 0) is 35.9 Å². The number of amides is 3. The number of fused-ring (bicyclic) bond motifs is 1. The number of urea groups is 1. The first kappa shape index (κ1) is 18.9. The molecule has 0 unspecified atom stereocenters. The maximum atomic E-state index is 12.5. The summed E-state index contributed by atoms with van der Waals surface area (Å²) in [5, 5.41) is 5.77. The van der Waals surface area contributed by atoms with Crippen molar-refractivity contribution < 1.29 is 19.1 Å². The van der Waals surface area contributed by atoms with E-state index in [1.54, 1.807) is 0 Å². The van der Waals surface area contributed by atoms with Crippen molar-refractivity contribution in [3.63, 3.8) is 0 Å². The molecule has 8 nitrogen and oxygen atoms in total. The fourth-order valence-electron chi connectivity index (χ4n) is 3.49. The van der Waals surface area contributed by atoms with Crippen molar-refractivity contribution in [1.29, 1.82) is 0 Å². The molecule has 2 N–H and O–H groups in total. The van der Waals surface area contributed by atoms with Crippen molar-refractivity contribution in [1.82, 2.24) is 10.2 Å². The average molecular weight is 396 g/mol. The van der Waals surface area contributed by atoms with Gasteiger partial charge in [0.2, 0.25) is 12.7 Å². The minimum absolute atomic E-state index is 0.0747. The molecule has 4 rings (SSSR count). The van der Waals surface area contributed by atoms with Crippen LogP contribution in [0.5, 0.6) is 11.5 Å². The molecule has 2 aromatic carbocycles. The molecule has 8 heteroatoms. The van der Waals surface area contributed by atoms with Gasteiger partial charge >= 0.3 is 6.03 Å². The molecule has 1 saturated heterocycles. The summed E-state index contributed by atoms with van der Waals surface area (Å²) in [7, 11) is 0. The topological polar surface area (TPSA) is 83.1 Å². The Morgan fingerprint density at radius 2 is 1.79 bits per heavy atom. The number of rotatable bonds is 4. The quantitative estimate of drug-likeness (QED) is 0.829. The highest BCUT2D eigenvalue weighted by Crippen LogP contribution is 2.32. The number of piperazine rings is 1. The highest BCUT2D eigenvalue weighted by molar-refractivity contribution is 5.89. The van der Waals surface area contributed by atoms with E-state index in [4.69, 9.17) is 9.47 Å². The molecule has 0 radical (unpaired) electrons. The lowest BCUT2D eigenvalue weighted by Crippen LogP contribution is -2.51. The highest BCUT2D eigenvalue weighted by atomic mass is 16.7. The van der Waals surface area contributed by atoms with Gasteiger partial charge in [-0.3, -0.25) is 4.79 Å². The molecular weight excluding hydrogens is 372 g/mol. The molecular formula is C21H24N4O4. The van der Waals surface area contributed by atoms with Crippen molar-refractivity contribution in [3.05, 3.63) is 48.0 Å². The van der Waals surface area contributed by atoms with Gasteiger partial charge in [0.05, 0.1) is 0 Å². The second-order valence-electron chi connectivity index (χ2n) is 7.05. The lowest BCUT2D eigenvalue weighted by molar-refractivity contribution is -0.114.